The third-order valence-electron chi connectivity index (χ3n) is 4.38. The first-order valence-corrected chi connectivity index (χ1v) is 9.05. The summed E-state index contributed by atoms with van der Waals surface area (Å²) >= 11 is 0. The summed E-state index contributed by atoms with van der Waals surface area (Å²) in [6, 6.07) is 3.63. The summed E-state index contributed by atoms with van der Waals surface area (Å²) in [5, 5.41) is 18.7. The Hall–Kier alpha value is -3.46. The molecule has 0 unspecified atom stereocenters. The molecule has 29 heavy (non-hydrogen) atoms. The van der Waals surface area contributed by atoms with Crippen molar-refractivity contribution < 1.29 is 14.6 Å². The second-order valence-corrected chi connectivity index (χ2v) is 7.35. The second-order valence-electron chi connectivity index (χ2n) is 7.35. The van der Waals surface area contributed by atoms with Gasteiger partial charge in [-0.3, -0.25) is 4.68 Å². The van der Waals surface area contributed by atoms with Gasteiger partial charge in [-0.25, -0.2) is 9.50 Å². The molecule has 9 heteroatoms. The van der Waals surface area contributed by atoms with Crippen molar-refractivity contribution in [2.45, 2.75) is 26.0 Å². The molecule has 0 bridgehead atoms. The molecule has 0 amide bonds. The Balaban J connectivity index is 1.70. The predicted molar refractivity (Wildman–Crippen MR) is 107 cm³/mol. The summed E-state index contributed by atoms with van der Waals surface area (Å²) in [4.78, 5) is 8.82. The van der Waals surface area contributed by atoms with E-state index < -0.39 is 5.60 Å². The number of ether oxygens (including phenoxy) is 2. The minimum absolute atomic E-state index is 0.403. The first-order chi connectivity index (χ1) is 13.9. The molecule has 9 nitrogen and oxygen atoms in total. The molecule has 0 aliphatic rings. The van der Waals surface area contributed by atoms with Gasteiger partial charge in [0.15, 0.2) is 5.65 Å². The predicted octanol–water partition coefficient (Wildman–Crippen LogP) is 2.44. The van der Waals surface area contributed by atoms with Gasteiger partial charge in [0.05, 0.1) is 38.8 Å². The Labute approximate surface area is 167 Å². The average molecular weight is 394 g/mol. The highest BCUT2D eigenvalue weighted by Gasteiger charge is 2.16. The largest absolute Gasteiger partial charge is 0.481 e. The third-order valence-corrected chi connectivity index (χ3v) is 4.38. The molecule has 0 radical (unpaired) electrons. The van der Waals surface area contributed by atoms with Crippen molar-refractivity contribution in [2.75, 3.05) is 14.2 Å². The zero-order valence-electron chi connectivity index (χ0n) is 16.7. The van der Waals surface area contributed by atoms with Crippen LogP contribution in [0.15, 0.2) is 43.1 Å². The Morgan fingerprint density at radius 2 is 1.62 bits per heavy atom. The van der Waals surface area contributed by atoms with Gasteiger partial charge in [-0.1, -0.05) is 0 Å². The zero-order valence-corrected chi connectivity index (χ0v) is 16.7. The van der Waals surface area contributed by atoms with E-state index in [1.807, 2.05) is 24.5 Å². The molecule has 1 N–H and O–H groups in total. The quantitative estimate of drug-likeness (QED) is 0.536. The van der Waals surface area contributed by atoms with Crippen LogP contribution in [0.5, 0.6) is 11.8 Å². The van der Waals surface area contributed by atoms with Gasteiger partial charge in [0.2, 0.25) is 11.8 Å². The molecule has 0 atom stereocenters. The zero-order chi connectivity index (χ0) is 20.6. The van der Waals surface area contributed by atoms with Gasteiger partial charge in [0, 0.05) is 47.4 Å². The van der Waals surface area contributed by atoms with Crippen molar-refractivity contribution in [3.05, 3.63) is 43.1 Å². The number of fused-ring (bicyclic) bond motifs is 1. The maximum absolute atomic E-state index is 9.97. The van der Waals surface area contributed by atoms with Gasteiger partial charge >= 0.3 is 0 Å². The van der Waals surface area contributed by atoms with E-state index in [1.54, 1.807) is 55.9 Å². The van der Waals surface area contributed by atoms with Crippen LogP contribution >= 0.6 is 0 Å². The number of pyridine rings is 1. The van der Waals surface area contributed by atoms with Gasteiger partial charge in [-0.2, -0.15) is 15.2 Å². The van der Waals surface area contributed by atoms with Crippen LogP contribution in [0.2, 0.25) is 0 Å². The highest BCUT2D eigenvalue weighted by Crippen LogP contribution is 2.30. The van der Waals surface area contributed by atoms with Gasteiger partial charge in [-0.15, -0.1) is 0 Å². The van der Waals surface area contributed by atoms with Gasteiger partial charge in [0.25, 0.3) is 0 Å². The van der Waals surface area contributed by atoms with E-state index >= 15 is 0 Å². The first kappa shape index (κ1) is 18.9. The molecule has 4 rings (SSSR count). The Bertz CT molecular complexity index is 1140. The molecular formula is C20H22N6O3. The van der Waals surface area contributed by atoms with E-state index in [4.69, 9.17) is 9.47 Å². The summed E-state index contributed by atoms with van der Waals surface area (Å²) in [5.41, 5.74) is 3.32. The van der Waals surface area contributed by atoms with E-state index in [9.17, 15) is 5.11 Å². The lowest BCUT2D eigenvalue weighted by Crippen LogP contribution is -2.26. The summed E-state index contributed by atoms with van der Waals surface area (Å²) in [5.74, 6) is 0.907. The summed E-state index contributed by atoms with van der Waals surface area (Å²) in [6.07, 6.45) is 9.05. The summed E-state index contributed by atoms with van der Waals surface area (Å²) in [7, 11) is 3.12. The minimum Gasteiger partial charge on any atom is -0.481 e. The molecule has 4 heterocycles. The first-order valence-electron chi connectivity index (χ1n) is 9.05. The molecule has 0 saturated heterocycles. The highest BCUT2D eigenvalue weighted by atomic mass is 16.5. The van der Waals surface area contributed by atoms with Crippen LogP contribution < -0.4 is 9.47 Å². The van der Waals surface area contributed by atoms with Crippen LogP contribution in [0.4, 0.5) is 0 Å². The van der Waals surface area contributed by atoms with Crippen molar-refractivity contribution in [3.8, 4) is 34.0 Å². The minimum atomic E-state index is -0.838. The molecule has 0 spiro atoms. The number of aliphatic hydroxyl groups is 1. The van der Waals surface area contributed by atoms with Crippen molar-refractivity contribution >= 4 is 5.65 Å². The molecule has 0 aliphatic carbocycles. The Morgan fingerprint density at radius 1 is 0.931 bits per heavy atom. The summed E-state index contributed by atoms with van der Waals surface area (Å²) in [6.45, 7) is 3.90. The number of hydrogen-bond acceptors (Lipinski definition) is 7. The van der Waals surface area contributed by atoms with E-state index in [0.29, 0.717) is 24.0 Å². The number of nitrogens with zero attached hydrogens (tertiary/aromatic N) is 6. The maximum atomic E-state index is 9.97. The Morgan fingerprint density at radius 3 is 2.28 bits per heavy atom. The molecule has 0 fully saturated rings. The van der Waals surface area contributed by atoms with Crippen molar-refractivity contribution in [1.29, 1.82) is 0 Å². The monoisotopic (exact) mass is 394 g/mol. The lowest BCUT2D eigenvalue weighted by atomic mass is 10.1. The fourth-order valence-corrected chi connectivity index (χ4v) is 3.07. The maximum Gasteiger partial charge on any atom is 0.216 e. The lowest BCUT2D eigenvalue weighted by Gasteiger charge is -2.16. The lowest BCUT2D eigenvalue weighted by molar-refractivity contribution is 0.0577. The van der Waals surface area contributed by atoms with Crippen molar-refractivity contribution in [3.63, 3.8) is 0 Å². The summed E-state index contributed by atoms with van der Waals surface area (Å²) < 4.78 is 13.9. The molecular weight excluding hydrogens is 372 g/mol. The molecule has 0 saturated carbocycles. The molecule has 150 valence electrons. The topological polar surface area (TPSA) is 99.6 Å². The number of methoxy groups -OCH3 is 2. The molecule has 0 aliphatic heterocycles. The average Bonchev–Trinajstić information content (AvgIpc) is 3.32. The van der Waals surface area contributed by atoms with Crippen molar-refractivity contribution in [1.82, 2.24) is 29.4 Å². The van der Waals surface area contributed by atoms with Crippen LogP contribution in [0.25, 0.3) is 27.9 Å². The van der Waals surface area contributed by atoms with Crippen LogP contribution in [0.3, 0.4) is 0 Å². The fourth-order valence-electron chi connectivity index (χ4n) is 3.07. The van der Waals surface area contributed by atoms with Gasteiger partial charge < -0.3 is 14.6 Å². The van der Waals surface area contributed by atoms with Crippen LogP contribution in [-0.2, 0) is 6.54 Å². The van der Waals surface area contributed by atoms with Gasteiger partial charge in [0.1, 0.15) is 0 Å². The van der Waals surface area contributed by atoms with E-state index in [-0.39, 0.29) is 0 Å². The fraction of sp³-hybridized carbons (Fsp3) is 0.300. The standard InChI is InChI=1S/C20H22N6O3/c1-20(2,27)12-25-10-15(8-22-25)14-7-21-19-16(9-23-26(19)11-14)13-5-17(28-3)24-18(6-13)29-4/h5-11,27H,12H2,1-4H3. The number of aromatic nitrogens is 6. The van der Waals surface area contributed by atoms with Crippen molar-refractivity contribution in [2.24, 2.45) is 0 Å². The SMILES string of the molecule is COc1cc(-c2cnn3cc(-c4cnn(CC(C)(C)O)c4)cnc23)cc(OC)n1. The number of hydrogen-bond donors (Lipinski definition) is 1. The Kier molecular flexibility index (Phi) is 4.67. The van der Waals surface area contributed by atoms with Crippen LogP contribution in [0, 0.1) is 0 Å². The number of rotatable bonds is 6. The van der Waals surface area contributed by atoms with E-state index in [2.05, 4.69) is 20.2 Å². The molecule has 4 aromatic heterocycles. The molecule has 4 aromatic rings. The van der Waals surface area contributed by atoms with E-state index in [0.717, 1.165) is 22.3 Å². The van der Waals surface area contributed by atoms with Gasteiger partial charge in [-0.05, 0) is 19.4 Å². The smallest absolute Gasteiger partial charge is 0.216 e. The normalized spacial score (nSPS) is 11.8. The van der Waals surface area contributed by atoms with E-state index in [1.165, 1.54) is 0 Å². The third kappa shape index (κ3) is 3.90. The highest BCUT2D eigenvalue weighted by molar-refractivity contribution is 5.78. The van der Waals surface area contributed by atoms with Crippen LogP contribution in [-0.4, -0.2) is 54.3 Å². The molecule has 0 aromatic carbocycles. The van der Waals surface area contributed by atoms with Crippen LogP contribution in [0.1, 0.15) is 13.8 Å². The second kappa shape index (κ2) is 7.17.